The molecule has 2 aromatic carbocycles. The molecular formula is C23H26N4O4S. The van der Waals surface area contributed by atoms with Crippen LogP contribution in [0.1, 0.15) is 48.3 Å². The number of aromatic nitrogens is 2. The third kappa shape index (κ3) is 4.73. The smallest absolute Gasteiger partial charge is 0.242 e. The van der Waals surface area contributed by atoms with Crippen LogP contribution in [-0.4, -0.2) is 30.5 Å². The Labute approximate surface area is 187 Å². The van der Waals surface area contributed by atoms with E-state index in [2.05, 4.69) is 20.2 Å². The van der Waals surface area contributed by atoms with Crippen LogP contribution in [0.2, 0.25) is 0 Å². The molecule has 1 amide bonds. The topological polar surface area (TPSA) is 114 Å². The molecule has 2 N–H and O–H groups in total. The van der Waals surface area contributed by atoms with Crippen LogP contribution in [0.15, 0.2) is 45.8 Å². The van der Waals surface area contributed by atoms with Crippen molar-refractivity contribution in [2.45, 2.75) is 57.4 Å². The first-order valence-electron chi connectivity index (χ1n) is 10.5. The Balaban J connectivity index is 1.53. The van der Waals surface area contributed by atoms with Crippen molar-refractivity contribution >= 4 is 21.6 Å². The summed E-state index contributed by atoms with van der Waals surface area (Å²) in [6, 6.07) is 9.68. The van der Waals surface area contributed by atoms with Gasteiger partial charge in [-0.15, -0.1) is 0 Å². The van der Waals surface area contributed by atoms with E-state index < -0.39 is 22.0 Å². The molecule has 0 radical (unpaired) electrons. The number of nitrogens with zero attached hydrogens (tertiary/aromatic N) is 2. The predicted molar refractivity (Wildman–Crippen MR) is 121 cm³/mol. The number of carbonyl (C=O) groups excluding carboxylic acids is 1. The van der Waals surface area contributed by atoms with Gasteiger partial charge in [-0.05, 0) is 69.4 Å². The Bertz CT molecular complexity index is 1280. The van der Waals surface area contributed by atoms with E-state index in [0.717, 1.165) is 24.0 Å². The van der Waals surface area contributed by atoms with Gasteiger partial charge in [-0.2, -0.15) is 9.71 Å². The highest BCUT2D eigenvalue weighted by atomic mass is 32.2. The molecule has 1 heterocycles. The normalized spacial score (nSPS) is 14.9. The Morgan fingerprint density at radius 3 is 2.53 bits per heavy atom. The van der Waals surface area contributed by atoms with Gasteiger partial charge in [0.15, 0.2) is 0 Å². The Kier molecular flexibility index (Phi) is 5.87. The van der Waals surface area contributed by atoms with Crippen molar-refractivity contribution in [2.24, 2.45) is 0 Å². The van der Waals surface area contributed by atoms with Gasteiger partial charge >= 0.3 is 0 Å². The van der Waals surface area contributed by atoms with Gasteiger partial charge in [0, 0.05) is 17.2 Å². The molecule has 1 aromatic heterocycles. The van der Waals surface area contributed by atoms with E-state index in [0.29, 0.717) is 34.4 Å². The average Bonchev–Trinajstić information content (AvgIpc) is 3.47. The van der Waals surface area contributed by atoms with E-state index in [4.69, 9.17) is 4.52 Å². The standard InChI is InChI=1S/C23H26N4O4S/c1-13-5-6-14(2)19(11-13)24-22(28)16(4)27-32(29,30)20-12-18(8-7-15(20)3)21-25-23(31-26-21)17-9-10-17/h5-8,11-12,16-17,27H,9-10H2,1-4H3,(H,24,28). The third-order valence-electron chi connectivity index (χ3n) is 5.48. The molecule has 1 fully saturated rings. The number of carbonyl (C=O) groups is 1. The fourth-order valence-corrected chi connectivity index (χ4v) is 4.81. The molecule has 0 aliphatic heterocycles. The molecule has 8 nitrogen and oxygen atoms in total. The van der Waals surface area contributed by atoms with E-state index in [9.17, 15) is 13.2 Å². The van der Waals surface area contributed by atoms with Crippen molar-refractivity contribution in [1.82, 2.24) is 14.9 Å². The number of hydrogen-bond donors (Lipinski definition) is 2. The molecule has 0 bridgehead atoms. The summed E-state index contributed by atoms with van der Waals surface area (Å²) in [6.07, 6.45) is 2.06. The second-order valence-corrected chi connectivity index (χ2v) is 10.0. The largest absolute Gasteiger partial charge is 0.339 e. The quantitative estimate of drug-likeness (QED) is 0.561. The molecule has 168 valence electrons. The zero-order valence-corrected chi connectivity index (χ0v) is 19.3. The van der Waals surface area contributed by atoms with Crippen LogP contribution in [0.5, 0.6) is 0 Å². The highest BCUT2D eigenvalue weighted by Gasteiger charge is 2.30. The maximum Gasteiger partial charge on any atom is 0.242 e. The SMILES string of the molecule is Cc1ccc(C)c(NC(=O)C(C)NS(=O)(=O)c2cc(-c3noc(C4CC4)n3)ccc2C)c1. The van der Waals surface area contributed by atoms with Crippen molar-refractivity contribution < 1.29 is 17.7 Å². The molecule has 32 heavy (non-hydrogen) atoms. The summed E-state index contributed by atoms with van der Waals surface area (Å²) >= 11 is 0. The minimum atomic E-state index is -3.97. The van der Waals surface area contributed by atoms with Crippen LogP contribution in [0, 0.1) is 20.8 Å². The molecule has 1 unspecified atom stereocenters. The van der Waals surface area contributed by atoms with Gasteiger partial charge in [0.25, 0.3) is 0 Å². The fourth-order valence-electron chi connectivity index (χ4n) is 3.34. The minimum Gasteiger partial charge on any atom is -0.339 e. The zero-order chi connectivity index (χ0) is 23.0. The lowest BCUT2D eigenvalue weighted by atomic mass is 10.1. The van der Waals surface area contributed by atoms with E-state index in [-0.39, 0.29) is 4.90 Å². The zero-order valence-electron chi connectivity index (χ0n) is 18.5. The number of aryl methyl sites for hydroxylation is 3. The molecule has 1 saturated carbocycles. The highest BCUT2D eigenvalue weighted by molar-refractivity contribution is 7.89. The second kappa shape index (κ2) is 8.48. The van der Waals surface area contributed by atoms with Gasteiger partial charge in [0.05, 0.1) is 10.9 Å². The average molecular weight is 455 g/mol. The van der Waals surface area contributed by atoms with Crippen molar-refractivity contribution in [3.8, 4) is 11.4 Å². The van der Waals surface area contributed by atoms with E-state index in [1.54, 1.807) is 19.1 Å². The first-order valence-corrected chi connectivity index (χ1v) is 12.0. The minimum absolute atomic E-state index is 0.0687. The molecule has 0 saturated heterocycles. The summed E-state index contributed by atoms with van der Waals surface area (Å²) in [5.41, 5.74) is 3.64. The molecular weight excluding hydrogens is 428 g/mol. The third-order valence-corrected chi connectivity index (χ3v) is 7.16. The Hall–Kier alpha value is -3.04. The highest BCUT2D eigenvalue weighted by Crippen LogP contribution is 2.39. The van der Waals surface area contributed by atoms with Crippen LogP contribution in [-0.2, 0) is 14.8 Å². The van der Waals surface area contributed by atoms with Crippen LogP contribution in [0.25, 0.3) is 11.4 Å². The van der Waals surface area contributed by atoms with Crippen LogP contribution in [0.3, 0.4) is 0 Å². The Morgan fingerprint density at radius 1 is 1.09 bits per heavy atom. The first kappa shape index (κ1) is 22.2. The lowest BCUT2D eigenvalue weighted by Crippen LogP contribution is -2.41. The summed E-state index contributed by atoms with van der Waals surface area (Å²) in [6.45, 7) is 7.02. The fraction of sp³-hybridized carbons (Fsp3) is 0.348. The van der Waals surface area contributed by atoms with Crippen molar-refractivity contribution in [3.05, 3.63) is 59.0 Å². The van der Waals surface area contributed by atoms with Crippen LogP contribution < -0.4 is 10.0 Å². The van der Waals surface area contributed by atoms with Gasteiger partial charge < -0.3 is 9.84 Å². The van der Waals surface area contributed by atoms with Gasteiger partial charge in [0.2, 0.25) is 27.6 Å². The van der Waals surface area contributed by atoms with Crippen molar-refractivity contribution in [2.75, 3.05) is 5.32 Å². The number of rotatable bonds is 7. The molecule has 3 aromatic rings. The summed E-state index contributed by atoms with van der Waals surface area (Å²) < 4.78 is 34.0. The van der Waals surface area contributed by atoms with Gasteiger partial charge in [-0.1, -0.05) is 29.4 Å². The summed E-state index contributed by atoms with van der Waals surface area (Å²) in [5, 5.41) is 6.78. The number of amides is 1. The molecule has 1 aliphatic carbocycles. The predicted octanol–water partition coefficient (Wildman–Crippen LogP) is 3.84. The van der Waals surface area contributed by atoms with Crippen molar-refractivity contribution in [1.29, 1.82) is 0 Å². The number of hydrogen-bond acceptors (Lipinski definition) is 6. The maximum absolute atomic E-state index is 13.1. The number of benzene rings is 2. The number of sulfonamides is 1. The van der Waals surface area contributed by atoms with Gasteiger partial charge in [-0.3, -0.25) is 4.79 Å². The summed E-state index contributed by atoms with van der Waals surface area (Å²) in [5.74, 6) is 0.801. The van der Waals surface area contributed by atoms with E-state index >= 15 is 0 Å². The molecule has 0 spiro atoms. The van der Waals surface area contributed by atoms with Gasteiger partial charge in [0.1, 0.15) is 0 Å². The monoisotopic (exact) mass is 454 g/mol. The first-order chi connectivity index (χ1) is 15.1. The second-order valence-electron chi connectivity index (χ2n) is 8.36. The summed E-state index contributed by atoms with van der Waals surface area (Å²) in [4.78, 5) is 17.1. The number of anilines is 1. The maximum atomic E-state index is 13.1. The molecule has 4 rings (SSSR count). The lowest BCUT2D eigenvalue weighted by molar-refractivity contribution is -0.117. The van der Waals surface area contributed by atoms with Crippen LogP contribution in [0.4, 0.5) is 5.69 Å². The molecule has 1 aliphatic rings. The lowest BCUT2D eigenvalue weighted by Gasteiger charge is -2.17. The van der Waals surface area contributed by atoms with Crippen LogP contribution >= 0.6 is 0 Å². The van der Waals surface area contributed by atoms with E-state index in [1.807, 2.05) is 32.0 Å². The van der Waals surface area contributed by atoms with E-state index in [1.165, 1.54) is 13.0 Å². The molecule has 9 heteroatoms. The van der Waals surface area contributed by atoms with Crippen molar-refractivity contribution in [3.63, 3.8) is 0 Å². The number of nitrogens with one attached hydrogen (secondary N) is 2. The molecule has 1 atom stereocenters. The van der Waals surface area contributed by atoms with Gasteiger partial charge in [-0.25, -0.2) is 8.42 Å². The summed E-state index contributed by atoms with van der Waals surface area (Å²) in [7, 11) is -3.97. The Morgan fingerprint density at radius 2 is 1.81 bits per heavy atom.